The SMILES string of the molecule is CC(C)(C)OC(=O)N1CCN2C(NCc3ccccc3N3CCCCC3)=NCC2C1. The van der Waals surface area contributed by atoms with Gasteiger partial charge in [-0.3, -0.25) is 4.99 Å². The number of hydrogen-bond acceptors (Lipinski definition) is 6. The number of nitrogens with zero attached hydrogens (tertiary/aromatic N) is 4. The zero-order valence-corrected chi connectivity index (χ0v) is 18.6. The molecule has 1 aromatic carbocycles. The van der Waals surface area contributed by atoms with Gasteiger partial charge >= 0.3 is 6.09 Å². The van der Waals surface area contributed by atoms with Crippen molar-refractivity contribution in [2.24, 2.45) is 4.99 Å². The van der Waals surface area contributed by atoms with E-state index in [1.165, 1.54) is 30.5 Å². The summed E-state index contributed by atoms with van der Waals surface area (Å²) in [5, 5.41) is 3.57. The number of carbonyl (C=O) groups is 1. The quantitative estimate of drug-likeness (QED) is 0.825. The van der Waals surface area contributed by atoms with Crippen molar-refractivity contribution in [1.29, 1.82) is 0 Å². The Morgan fingerprint density at radius 2 is 1.90 bits per heavy atom. The zero-order chi connectivity index (χ0) is 21.1. The highest BCUT2D eigenvalue weighted by Crippen LogP contribution is 2.25. The topological polar surface area (TPSA) is 60.4 Å². The summed E-state index contributed by atoms with van der Waals surface area (Å²) in [5.74, 6) is 0.956. The summed E-state index contributed by atoms with van der Waals surface area (Å²) in [7, 11) is 0. The second-order valence-electron chi connectivity index (χ2n) is 9.47. The van der Waals surface area contributed by atoms with Crippen LogP contribution in [0.3, 0.4) is 0 Å². The number of anilines is 1. The second-order valence-corrected chi connectivity index (χ2v) is 9.47. The van der Waals surface area contributed by atoms with E-state index in [-0.39, 0.29) is 12.1 Å². The van der Waals surface area contributed by atoms with E-state index >= 15 is 0 Å². The molecule has 1 N–H and O–H groups in total. The lowest BCUT2D eigenvalue weighted by molar-refractivity contribution is 0.0137. The highest BCUT2D eigenvalue weighted by Gasteiger charge is 2.36. The molecule has 0 radical (unpaired) electrons. The van der Waals surface area contributed by atoms with Crippen LogP contribution in [0.1, 0.15) is 45.6 Å². The number of benzene rings is 1. The number of piperidine rings is 1. The van der Waals surface area contributed by atoms with Crippen LogP contribution in [0.15, 0.2) is 29.3 Å². The molecule has 1 aromatic rings. The van der Waals surface area contributed by atoms with Gasteiger partial charge in [-0.15, -0.1) is 0 Å². The minimum Gasteiger partial charge on any atom is -0.444 e. The van der Waals surface area contributed by atoms with Gasteiger partial charge in [0.2, 0.25) is 0 Å². The summed E-state index contributed by atoms with van der Waals surface area (Å²) < 4.78 is 5.54. The monoisotopic (exact) mass is 413 g/mol. The van der Waals surface area contributed by atoms with E-state index in [4.69, 9.17) is 9.73 Å². The number of nitrogens with one attached hydrogen (secondary N) is 1. The average Bonchev–Trinajstić information content (AvgIpc) is 3.14. The van der Waals surface area contributed by atoms with Gasteiger partial charge in [0.15, 0.2) is 5.96 Å². The van der Waals surface area contributed by atoms with E-state index in [2.05, 4.69) is 39.4 Å². The Bertz CT molecular complexity index is 782. The van der Waals surface area contributed by atoms with Crippen molar-refractivity contribution in [3.63, 3.8) is 0 Å². The predicted molar refractivity (Wildman–Crippen MR) is 120 cm³/mol. The molecular weight excluding hydrogens is 378 g/mol. The van der Waals surface area contributed by atoms with Gasteiger partial charge in [-0.25, -0.2) is 4.79 Å². The number of amides is 1. The Morgan fingerprint density at radius 1 is 1.13 bits per heavy atom. The van der Waals surface area contributed by atoms with Crippen molar-refractivity contribution < 1.29 is 9.53 Å². The Hall–Kier alpha value is -2.44. The summed E-state index contributed by atoms with van der Waals surface area (Å²) in [5.41, 5.74) is 2.20. The summed E-state index contributed by atoms with van der Waals surface area (Å²) in [4.78, 5) is 23.8. The molecule has 0 saturated carbocycles. The summed E-state index contributed by atoms with van der Waals surface area (Å²) in [6.07, 6.45) is 3.67. The second kappa shape index (κ2) is 8.74. The number of ether oxygens (including phenoxy) is 1. The van der Waals surface area contributed by atoms with E-state index in [0.717, 1.165) is 38.7 Å². The van der Waals surface area contributed by atoms with Crippen molar-refractivity contribution in [3.8, 4) is 0 Å². The van der Waals surface area contributed by atoms with Gasteiger partial charge in [0, 0.05) is 45.0 Å². The van der Waals surface area contributed by atoms with Crippen LogP contribution in [0, 0.1) is 0 Å². The third-order valence-electron chi connectivity index (χ3n) is 5.98. The Kier molecular flexibility index (Phi) is 6.06. The van der Waals surface area contributed by atoms with E-state index in [0.29, 0.717) is 13.1 Å². The van der Waals surface area contributed by atoms with Crippen LogP contribution in [0.4, 0.5) is 10.5 Å². The van der Waals surface area contributed by atoms with Crippen LogP contribution >= 0.6 is 0 Å². The summed E-state index contributed by atoms with van der Waals surface area (Å²) in [6, 6.07) is 8.92. The molecule has 1 unspecified atom stereocenters. The van der Waals surface area contributed by atoms with Gasteiger partial charge in [-0.1, -0.05) is 18.2 Å². The number of rotatable bonds is 3. The van der Waals surface area contributed by atoms with Crippen LogP contribution in [0.2, 0.25) is 0 Å². The molecule has 0 aliphatic carbocycles. The predicted octanol–water partition coefficient (Wildman–Crippen LogP) is 3.06. The van der Waals surface area contributed by atoms with E-state index in [1.54, 1.807) is 0 Å². The van der Waals surface area contributed by atoms with E-state index in [1.807, 2.05) is 25.7 Å². The average molecular weight is 414 g/mol. The Labute approximate surface area is 180 Å². The van der Waals surface area contributed by atoms with E-state index in [9.17, 15) is 4.79 Å². The molecule has 2 fully saturated rings. The molecule has 7 heteroatoms. The van der Waals surface area contributed by atoms with Crippen LogP contribution in [-0.4, -0.2) is 72.8 Å². The van der Waals surface area contributed by atoms with Gasteiger partial charge < -0.3 is 24.8 Å². The summed E-state index contributed by atoms with van der Waals surface area (Å²) >= 11 is 0. The minimum absolute atomic E-state index is 0.223. The lowest BCUT2D eigenvalue weighted by Crippen LogP contribution is -2.57. The molecule has 2 saturated heterocycles. The molecule has 0 spiro atoms. The molecule has 3 aliphatic rings. The lowest BCUT2D eigenvalue weighted by atomic mass is 10.1. The van der Waals surface area contributed by atoms with Gasteiger partial charge in [0.05, 0.1) is 12.6 Å². The molecule has 164 valence electrons. The highest BCUT2D eigenvalue weighted by atomic mass is 16.6. The standard InChI is InChI=1S/C23H35N5O2/c1-23(2,3)30-22(29)27-13-14-28-19(17-27)16-25-21(28)24-15-18-9-5-6-10-20(18)26-11-7-4-8-12-26/h5-6,9-10,19H,4,7-8,11-17H2,1-3H3,(H,24,25). The van der Waals surface area contributed by atoms with Crippen molar-refractivity contribution in [2.75, 3.05) is 44.2 Å². The molecular formula is C23H35N5O2. The number of para-hydroxylation sites is 1. The largest absolute Gasteiger partial charge is 0.444 e. The van der Waals surface area contributed by atoms with Gasteiger partial charge in [-0.2, -0.15) is 0 Å². The molecule has 4 rings (SSSR count). The molecule has 1 atom stereocenters. The molecule has 1 amide bonds. The molecule has 3 aliphatic heterocycles. The Balaban J connectivity index is 1.33. The van der Waals surface area contributed by atoms with Crippen molar-refractivity contribution in [2.45, 2.75) is 58.2 Å². The third kappa shape index (κ3) is 4.82. The van der Waals surface area contributed by atoms with Crippen LogP contribution in [0.25, 0.3) is 0 Å². The molecule has 3 heterocycles. The number of hydrogen-bond donors (Lipinski definition) is 1. The van der Waals surface area contributed by atoms with Crippen LogP contribution in [-0.2, 0) is 11.3 Å². The molecule has 0 bridgehead atoms. The highest BCUT2D eigenvalue weighted by molar-refractivity contribution is 5.82. The normalized spacial score (nSPS) is 21.9. The number of carbonyl (C=O) groups excluding carboxylic acids is 1. The van der Waals surface area contributed by atoms with Crippen LogP contribution in [0.5, 0.6) is 0 Å². The lowest BCUT2D eigenvalue weighted by Gasteiger charge is -2.39. The Morgan fingerprint density at radius 3 is 2.67 bits per heavy atom. The maximum absolute atomic E-state index is 12.4. The molecule has 30 heavy (non-hydrogen) atoms. The first-order valence-electron chi connectivity index (χ1n) is 11.3. The number of aliphatic imine (C=N–C) groups is 1. The minimum atomic E-state index is -0.463. The first-order valence-corrected chi connectivity index (χ1v) is 11.3. The van der Waals surface area contributed by atoms with Crippen molar-refractivity contribution in [1.82, 2.24) is 15.1 Å². The molecule has 0 aromatic heterocycles. The van der Waals surface area contributed by atoms with Crippen molar-refractivity contribution in [3.05, 3.63) is 29.8 Å². The van der Waals surface area contributed by atoms with E-state index < -0.39 is 5.60 Å². The zero-order valence-electron chi connectivity index (χ0n) is 18.6. The fourth-order valence-electron chi connectivity index (χ4n) is 4.50. The maximum atomic E-state index is 12.4. The molecule has 7 nitrogen and oxygen atoms in total. The first-order chi connectivity index (χ1) is 14.4. The number of piperazine rings is 1. The van der Waals surface area contributed by atoms with Gasteiger partial charge in [0.1, 0.15) is 5.60 Å². The number of guanidine groups is 1. The van der Waals surface area contributed by atoms with Gasteiger partial charge in [0.25, 0.3) is 0 Å². The van der Waals surface area contributed by atoms with Crippen LogP contribution < -0.4 is 10.2 Å². The van der Waals surface area contributed by atoms with Gasteiger partial charge in [-0.05, 0) is 51.7 Å². The first kappa shape index (κ1) is 20.8. The fourth-order valence-corrected chi connectivity index (χ4v) is 4.50. The van der Waals surface area contributed by atoms with Crippen molar-refractivity contribution >= 4 is 17.7 Å². The fraction of sp³-hybridized carbons (Fsp3) is 0.652. The third-order valence-corrected chi connectivity index (χ3v) is 5.98. The summed E-state index contributed by atoms with van der Waals surface area (Å²) in [6.45, 7) is 11.6. The number of fused-ring (bicyclic) bond motifs is 1. The smallest absolute Gasteiger partial charge is 0.410 e. The maximum Gasteiger partial charge on any atom is 0.410 e.